The quantitative estimate of drug-likeness (QED) is 0.824. The van der Waals surface area contributed by atoms with Crippen LogP contribution in [0.1, 0.15) is 32.4 Å². The molecule has 1 N–H and O–H groups in total. The van der Waals surface area contributed by atoms with Crippen molar-refractivity contribution in [2.75, 3.05) is 27.9 Å². The molecule has 0 saturated carbocycles. The van der Waals surface area contributed by atoms with E-state index < -0.39 is 0 Å². The maximum Gasteiger partial charge on any atom is 0.203 e. The van der Waals surface area contributed by atoms with Crippen LogP contribution in [-0.4, -0.2) is 27.9 Å². The van der Waals surface area contributed by atoms with Crippen LogP contribution in [0.2, 0.25) is 0 Å². The van der Waals surface area contributed by atoms with Gasteiger partial charge < -0.3 is 19.5 Å². The van der Waals surface area contributed by atoms with E-state index in [2.05, 4.69) is 26.1 Å². The first kappa shape index (κ1) is 15.6. The summed E-state index contributed by atoms with van der Waals surface area (Å²) in [6.45, 7) is 7.48. The van der Waals surface area contributed by atoms with Crippen molar-refractivity contribution in [3.8, 4) is 17.2 Å². The summed E-state index contributed by atoms with van der Waals surface area (Å²) in [6.07, 6.45) is 0. The second-order valence-electron chi connectivity index (χ2n) is 4.98. The van der Waals surface area contributed by atoms with Crippen molar-refractivity contribution < 1.29 is 14.2 Å². The normalized spacial score (nSPS) is 12.4. The summed E-state index contributed by atoms with van der Waals surface area (Å²) in [6, 6.07) is 4.20. The Morgan fingerprint density at radius 1 is 0.947 bits per heavy atom. The molecule has 4 heteroatoms. The van der Waals surface area contributed by atoms with Crippen LogP contribution in [0, 0.1) is 5.92 Å². The van der Waals surface area contributed by atoms with Crippen molar-refractivity contribution in [3.63, 3.8) is 0 Å². The topological polar surface area (TPSA) is 39.7 Å². The summed E-state index contributed by atoms with van der Waals surface area (Å²) in [7, 11) is 4.88. The molecule has 0 aliphatic carbocycles. The minimum Gasteiger partial charge on any atom is -0.493 e. The van der Waals surface area contributed by atoms with Crippen molar-refractivity contribution in [3.05, 3.63) is 17.7 Å². The van der Waals surface area contributed by atoms with Crippen molar-refractivity contribution in [2.24, 2.45) is 5.92 Å². The molecule has 1 rings (SSSR count). The van der Waals surface area contributed by atoms with Crippen LogP contribution in [0.25, 0.3) is 0 Å². The van der Waals surface area contributed by atoms with E-state index in [0.717, 1.165) is 12.1 Å². The van der Waals surface area contributed by atoms with Gasteiger partial charge in [-0.2, -0.15) is 0 Å². The van der Waals surface area contributed by atoms with E-state index >= 15 is 0 Å². The molecule has 0 radical (unpaired) electrons. The summed E-state index contributed by atoms with van der Waals surface area (Å²) < 4.78 is 16.0. The molecule has 1 atom stereocenters. The minimum absolute atomic E-state index is 0.233. The first-order valence-corrected chi connectivity index (χ1v) is 6.56. The number of ether oxygens (including phenoxy) is 3. The molecule has 0 heterocycles. The van der Waals surface area contributed by atoms with Crippen LogP contribution >= 0.6 is 0 Å². The second-order valence-corrected chi connectivity index (χ2v) is 4.98. The zero-order valence-electron chi connectivity index (χ0n) is 12.7. The molecule has 0 fully saturated rings. The van der Waals surface area contributed by atoms with Crippen molar-refractivity contribution in [2.45, 2.75) is 26.8 Å². The first-order chi connectivity index (χ1) is 9.03. The molecule has 0 spiro atoms. The summed E-state index contributed by atoms with van der Waals surface area (Å²) in [5, 5.41) is 3.49. The lowest BCUT2D eigenvalue weighted by Crippen LogP contribution is -2.23. The number of hydrogen-bond acceptors (Lipinski definition) is 4. The van der Waals surface area contributed by atoms with Gasteiger partial charge in [0, 0.05) is 6.04 Å². The fourth-order valence-corrected chi connectivity index (χ4v) is 1.88. The maximum absolute atomic E-state index is 5.36. The summed E-state index contributed by atoms with van der Waals surface area (Å²) in [5.41, 5.74) is 1.12. The molecule has 1 aromatic rings. The first-order valence-electron chi connectivity index (χ1n) is 6.56. The van der Waals surface area contributed by atoms with E-state index in [4.69, 9.17) is 14.2 Å². The molecule has 0 amide bonds. The van der Waals surface area contributed by atoms with Crippen LogP contribution in [0.5, 0.6) is 17.2 Å². The molecule has 19 heavy (non-hydrogen) atoms. The fourth-order valence-electron chi connectivity index (χ4n) is 1.88. The third kappa shape index (κ3) is 4.03. The number of hydrogen-bond donors (Lipinski definition) is 1. The van der Waals surface area contributed by atoms with Gasteiger partial charge in [0.25, 0.3) is 0 Å². The molecule has 0 bridgehead atoms. The summed E-state index contributed by atoms with van der Waals surface area (Å²) >= 11 is 0. The smallest absolute Gasteiger partial charge is 0.203 e. The molecule has 0 aliphatic heterocycles. The van der Waals surface area contributed by atoms with Crippen LogP contribution in [0.3, 0.4) is 0 Å². The lowest BCUT2D eigenvalue weighted by molar-refractivity contribution is 0.323. The standard InChI is InChI=1S/C15H25NO3/c1-10(2)9-16-11(3)12-7-13(17-4)15(19-6)14(8-12)18-5/h7-8,10-11,16H,9H2,1-6H3. The van der Waals surface area contributed by atoms with Gasteiger partial charge in [-0.1, -0.05) is 13.8 Å². The Morgan fingerprint density at radius 2 is 1.47 bits per heavy atom. The second kappa shape index (κ2) is 7.24. The Kier molecular flexibility index (Phi) is 5.96. The van der Waals surface area contributed by atoms with Crippen molar-refractivity contribution in [1.82, 2.24) is 5.32 Å². The average Bonchev–Trinajstić information content (AvgIpc) is 2.42. The molecule has 0 aromatic heterocycles. The highest BCUT2D eigenvalue weighted by Crippen LogP contribution is 2.39. The van der Waals surface area contributed by atoms with Crippen LogP contribution in [0.15, 0.2) is 12.1 Å². The Labute approximate surface area is 116 Å². The Hall–Kier alpha value is -1.42. The third-order valence-electron chi connectivity index (χ3n) is 3.02. The van der Waals surface area contributed by atoms with Crippen LogP contribution in [-0.2, 0) is 0 Å². The number of nitrogens with one attached hydrogen (secondary N) is 1. The summed E-state index contributed by atoms with van der Waals surface area (Å²) in [4.78, 5) is 0. The van der Waals surface area contributed by atoms with E-state index in [0.29, 0.717) is 23.2 Å². The van der Waals surface area contributed by atoms with Gasteiger partial charge in [0.2, 0.25) is 5.75 Å². The van der Waals surface area contributed by atoms with Gasteiger partial charge in [-0.15, -0.1) is 0 Å². The maximum atomic E-state index is 5.36. The SMILES string of the molecule is COc1cc(C(C)NCC(C)C)cc(OC)c1OC. The van der Waals surface area contributed by atoms with E-state index in [1.54, 1.807) is 21.3 Å². The third-order valence-corrected chi connectivity index (χ3v) is 3.02. The predicted molar refractivity (Wildman–Crippen MR) is 77.4 cm³/mol. The largest absolute Gasteiger partial charge is 0.493 e. The molecular formula is C15H25NO3. The van der Waals surface area contributed by atoms with Gasteiger partial charge in [-0.05, 0) is 37.1 Å². The van der Waals surface area contributed by atoms with Crippen molar-refractivity contribution in [1.29, 1.82) is 0 Å². The summed E-state index contributed by atoms with van der Waals surface area (Å²) in [5.74, 6) is 2.62. The lowest BCUT2D eigenvalue weighted by Gasteiger charge is -2.19. The number of benzene rings is 1. The number of rotatable bonds is 7. The molecule has 108 valence electrons. The van der Waals surface area contributed by atoms with Crippen LogP contribution < -0.4 is 19.5 Å². The molecular weight excluding hydrogens is 242 g/mol. The van der Waals surface area contributed by atoms with Gasteiger partial charge in [0.1, 0.15) is 0 Å². The van der Waals surface area contributed by atoms with Gasteiger partial charge >= 0.3 is 0 Å². The highest BCUT2D eigenvalue weighted by atomic mass is 16.5. The zero-order valence-corrected chi connectivity index (χ0v) is 12.7. The highest BCUT2D eigenvalue weighted by molar-refractivity contribution is 5.54. The Bertz CT molecular complexity index is 379. The lowest BCUT2D eigenvalue weighted by atomic mass is 10.1. The Balaban J connectivity index is 3.01. The molecule has 1 unspecified atom stereocenters. The van der Waals surface area contributed by atoms with Crippen LogP contribution in [0.4, 0.5) is 0 Å². The van der Waals surface area contributed by atoms with Gasteiger partial charge in [0.05, 0.1) is 21.3 Å². The monoisotopic (exact) mass is 267 g/mol. The highest BCUT2D eigenvalue weighted by Gasteiger charge is 2.16. The minimum atomic E-state index is 0.233. The van der Waals surface area contributed by atoms with E-state index in [9.17, 15) is 0 Å². The van der Waals surface area contributed by atoms with Gasteiger partial charge in [-0.3, -0.25) is 0 Å². The Morgan fingerprint density at radius 3 is 1.84 bits per heavy atom. The molecule has 0 aliphatic rings. The molecule has 4 nitrogen and oxygen atoms in total. The molecule has 1 aromatic carbocycles. The van der Waals surface area contributed by atoms with E-state index in [1.165, 1.54) is 0 Å². The van der Waals surface area contributed by atoms with Gasteiger partial charge in [-0.25, -0.2) is 0 Å². The van der Waals surface area contributed by atoms with Gasteiger partial charge in [0.15, 0.2) is 11.5 Å². The van der Waals surface area contributed by atoms with Crippen molar-refractivity contribution >= 4 is 0 Å². The average molecular weight is 267 g/mol. The zero-order chi connectivity index (χ0) is 14.4. The predicted octanol–water partition coefficient (Wildman–Crippen LogP) is 3.02. The fraction of sp³-hybridized carbons (Fsp3) is 0.600. The number of methoxy groups -OCH3 is 3. The van der Waals surface area contributed by atoms with E-state index in [1.807, 2.05) is 12.1 Å². The van der Waals surface area contributed by atoms with E-state index in [-0.39, 0.29) is 6.04 Å². The molecule has 0 saturated heterocycles.